The molecule has 34 heavy (non-hydrogen) atoms. The van der Waals surface area contributed by atoms with Crippen molar-refractivity contribution in [1.82, 2.24) is 10.6 Å². The Morgan fingerprint density at radius 2 is 1.62 bits per heavy atom. The summed E-state index contributed by atoms with van der Waals surface area (Å²) in [6.45, 7) is 7.64. The highest BCUT2D eigenvalue weighted by molar-refractivity contribution is 5.78. The number of hydrogen-bond donors (Lipinski definition) is 2. The lowest BCUT2D eigenvalue weighted by atomic mass is 9.54. The molecule has 2 saturated carbocycles. The van der Waals surface area contributed by atoms with Gasteiger partial charge in [0.05, 0.1) is 6.54 Å². The first-order valence-electron chi connectivity index (χ1n) is 13.2. The SMILES string of the molecule is CN1c2ccccc2C2(C)C1CC(NC(=O)CNC1CCC(c3ccccc3)CC1)CC2(C)C. The van der Waals surface area contributed by atoms with Gasteiger partial charge >= 0.3 is 0 Å². The van der Waals surface area contributed by atoms with Crippen LogP contribution in [0.25, 0.3) is 0 Å². The summed E-state index contributed by atoms with van der Waals surface area (Å²) >= 11 is 0. The third kappa shape index (κ3) is 4.04. The molecule has 3 aliphatic rings. The van der Waals surface area contributed by atoms with Gasteiger partial charge in [-0.25, -0.2) is 0 Å². The van der Waals surface area contributed by atoms with Gasteiger partial charge in [-0.2, -0.15) is 0 Å². The van der Waals surface area contributed by atoms with Crippen LogP contribution in [-0.2, 0) is 10.2 Å². The first-order valence-corrected chi connectivity index (χ1v) is 13.2. The number of rotatable bonds is 5. The van der Waals surface area contributed by atoms with Crippen LogP contribution < -0.4 is 15.5 Å². The molecule has 182 valence electrons. The summed E-state index contributed by atoms with van der Waals surface area (Å²) in [7, 11) is 2.22. The van der Waals surface area contributed by atoms with Gasteiger partial charge in [0.25, 0.3) is 0 Å². The standard InChI is InChI=1S/C30H41N3O/c1-29(2)19-24(18-27-30(29,3)25-12-8-9-13-26(25)33(27)4)32-28(34)20-31-23-16-14-22(15-17-23)21-10-6-5-7-11-21/h5-13,22-24,27,31H,14-20H2,1-4H3,(H,32,34). The second-order valence-corrected chi connectivity index (χ2v) is 11.8. The Hall–Kier alpha value is -2.33. The summed E-state index contributed by atoms with van der Waals surface area (Å²) in [6, 6.07) is 20.8. The monoisotopic (exact) mass is 459 g/mol. The molecule has 0 bridgehead atoms. The maximum atomic E-state index is 12.9. The number of nitrogens with zero attached hydrogens (tertiary/aromatic N) is 1. The van der Waals surface area contributed by atoms with Crippen molar-refractivity contribution in [1.29, 1.82) is 0 Å². The summed E-state index contributed by atoms with van der Waals surface area (Å²) in [4.78, 5) is 15.4. The van der Waals surface area contributed by atoms with Crippen LogP contribution >= 0.6 is 0 Å². The van der Waals surface area contributed by atoms with E-state index in [0.717, 1.165) is 25.7 Å². The number of benzene rings is 2. The Kier molecular flexibility index (Phi) is 6.22. The van der Waals surface area contributed by atoms with E-state index in [2.05, 4.69) is 97.9 Å². The number of carbonyl (C=O) groups is 1. The zero-order valence-electron chi connectivity index (χ0n) is 21.3. The minimum absolute atomic E-state index is 0.0925. The third-order valence-electron chi connectivity index (χ3n) is 9.56. The molecule has 1 aliphatic heterocycles. The number of carbonyl (C=O) groups excluding carboxylic acids is 1. The Labute approximate surface area is 205 Å². The van der Waals surface area contributed by atoms with E-state index in [1.54, 1.807) is 0 Å². The van der Waals surface area contributed by atoms with E-state index in [4.69, 9.17) is 0 Å². The van der Waals surface area contributed by atoms with Gasteiger partial charge in [-0.05, 0) is 67.1 Å². The molecule has 0 spiro atoms. The van der Waals surface area contributed by atoms with Crippen molar-refractivity contribution in [3.05, 3.63) is 65.7 Å². The zero-order valence-corrected chi connectivity index (χ0v) is 21.3. The van der Waals surface area contributed by atoms with E-state index in [0.29, 0.717) is 24.5 Å². The van der Waals surface area contributed by atoms with Crippen molar-refractivity contribution in [3.63, 3.8) is 0 Å². The molecule has 0 saturated heterocycles. The lowest BCUT2D eigenvalue weighted by Gasteiger charge is -2.53. The van der Waals surface area contributed by atoms with Gasteiger partial charge in [0.2, 0.25) is 5.91 Å². The minimum Gasteiger partial charge on any atom is -0.370 e. The highest BCUT2D eigenvalue weighted by Gasteiger charge is 2.58. The van der Waals surface area contributed by atoms with Crippen LogP contribution in [0.2, 0.25) is 0 Å². The van der Waals surface area contributed by atoms with Gasteiger partial charge < -0.3 is 15.5 Å². The van der Waals surface area contributed by atoms with E-state index in [9.17, 15) is 4.79 Å². The molecule has 2 aromatic rings. The van der Waals surface area contributed by atoms with Crippen LogP contribution in [0.1, 0.15) is 76.3 Å². The van der Waals surface area contributed by atoms with Crippen molar-refractivity contribution >= 4 is 11.6 Å². The van der Waals surface area contributed by atoms with Crippen molar-refractivity contribution in [3.8, 4) is 0 Å². The molecule has 3 atom stereocenters. The van der Waals surface area contributed by atoms with Gasteiger partial charge in [-0.15, -0.1) is 0 Å². The van der Waals surface area contributed by atoms with Gasteiger partial charge in [0, 0.05) is 36.3 Å². The Bertz CT molecular complexity index is 1010. The van der Waals surface area contributed by atoms with Gasteiger partial charge in [-0.1, -0.05) is 69.3 Å². The number of fused-ring (bicyclic) bond motifs is 3. The molecule has 2 aliphatic carbocycles. The molecule has 4 heteroatoms. The maximum Gasteiger partial charge on any atom is 0.234 e. The van der Waals surface area contributed by atoms with Crippen molar-refractivity contribution < 1.29 is 4.79 Å². The molecule has 1 heterocycles. The number of hydrogen-bond acceptors (Lipinski definition) is 3. The Morgan fingerprint density at radius 1 is 0.941 bits per heavy atom. The second-order valence-electron chi connectivity index (χ2n) is 11.8. The van der Waals surface area contributed by atoms with E-state index in [1.165, 1.54) is 29.7 Å². The molecule has 1 amide bonds. The smallest absolute Gasteiger partial charge is 0.234 e. The number of amides is 1. The summed E-state index contributed by atoms with van der Waals surface area (Å²) in [5, 5.41) is 6.96. The fourth-order valence-corrected chi connectivity index (χ4v) is 7.33. The second kappa shape index (κ2) is 9.03. The van der Waals surface area contributed by atoms with Crippen molar-refractivity contribution in [2.45, 2.75) is 88.8 Å². The molecule has 2 fully saturated rings. The Morgan fingerprint density at radius 3 is 2.35 bits per heavy atom. The summed E-state index contributed by atoms with van der Waals surface area (Å²) in [6.07, 6.45) is 6.70. The zero-order chi connectivity index (χ0) is 23.9. The van der Waals surface area contributed by atoms with Crippen LogP contribution in [0.5, 0.6) is 0 Å². The molecular formula is C30H41N3O. The predicted octanol–water partition coefficient (Wildman–Crippen LogP) is 5.38. The molecule has 4 nitrogen and oxygen atoms in total. The maximum absolute atomic E-state index is 12.9. The first kappa shape index (κ1) is 23.4. The largest absolute Gasteiger partial charge is 0.370 e. The van der Waals surface area contributed by atoms with E-state index in [1.807, 2.05) is 0 Å². The summed E-state index contributed by atoms with van der Waals surface area (Å²) < 4.78 is 0. The topological polar surface area (TPSA) is 44.4 Å². The van der Waals surface area contributed by atoms with Gasteiger partial charge in [0.1, 0.15) is 0 Å². The van der Waals surface area contributed by atoms with Crippen LogP contribution in [0, 0.1) is 5.41 Å². The number of likely N-dealkylation sites (N-methyl/N-ethyl adjacent to an activating group) is 1. The lowest BCUT2D eigenvalue weighted by Crippen LogP contribution is -2.60. The summed E-state index contributed by atoms with van der Waals surface area (Å²) in [5.74, 6) is 0.812. The number of nitrogens with one attached hydrogen (secondary N) is 2. The van der Waals surface area contributed by atoms with Crippen molar-refractivity contribution in [2.75, 3.05) is 18.5 Å². The molecule has 0 radical (unpaired) electrons. The van der Waals surface area contributed by atoms with Crippen molar-refractivity contribution in [2.24, 2.45) is 5.41 Å². The number of para-hydroxylation sites is 1. The molecule has 2 N–H and O–H groups in total. The quantitative estimate of drug-likeness (QED) is 0.631. The number of anilines is 1. The average Bonchev–Trinajstić information content (AvgIpc) is 3.07. The highest BCUT2D eigenvalue weighted by atomic mass is 16.2. The predicted molar refractivity (Wildman–Crippen MR) is 140 cm³/mol. The first-order chi connectivity index (χ1) is 16.3. The van der Waals surface area contributed by atoms with Crippen LogP contribution in [0.3, 0.4) is 0 Å². The van der Waals surface area contributed by atoms with Crippen LogP contribution in [0.15, 0.2) is 54.6 Å². The van der Waals surface area contributed by atoms with E-state index in [-0.39, 0.29) is 22.8 Å². The normalized spacial score (nSPS) is 32.1. The van der Waals surface area contributed by atoms with E-state index < -0.39 is 0 Å². The third-order valence-corrected chi connectivity index (χ3v) is 9.56. The molecule has 3 unspecified atom stereocenters. The molecule has 2 aromatic carbocycles. The van der Waals surface area contributed by atoms with Crippen LogP contribution in [0.4, 0.5) is 5.69 Å². The fourth-order valence-electron chi connectivity index (χ4n) is 7.33. The van der Waals surface area contributed by atoms with E-state index >= 15 is 0 Å². The fraction of sp³-hybridized carbons (Fsp3) is 0.567. The van der Waals surface area contributed by atoms with Crippen LogP contribution in [-0.4, -0.2) is 37.6 Å². The minimum atomic E-state index is 0.0925. The van der Waals surface area contributed by atoms with Gasteiger partial charge in [0.15, 0.2) is 0 Å². The van der Waals surface area contributed by atoms with Gasteiger partial charge in [-0.3, -0.25) is 4.79 Å². The highest BCUT2D eigenvalue weighted by Crippen LogP contribution is 2.59. The molecule has 5 rings (SSSR count). The Balaban J connectivity index is 1.15. The molecular weight excluding hydrogens is 418 g/mol. The molecule has 0 aromatic heterocycles. The average molecular weight is 460 g/mol. The summed E-state index contributed by atoms with van der Waals surface area (Å²) in [5.41, 5.74) is 4.46. The lowest BCUT2D eigenvalue weighted by molar-refractivity contribution is -0.121.